The van der Waals surface area contributed by atoms with Crippen LogP contribution in [0.5, 0.6) is 5.75 Å². The summed E-state index contributed by atoms with van der Waals surface area (Å²) < 4.78 is 1.68. The summed E-state index contributed by atoms with van der Waals surface area (Å²) in [6.45, 7) is 5.39. The summed E-state index contributed by atoms with van der Waals surface area (Å²) in [4.78, 5) is 11.3. The van der Waals surface area contributed by atoms with Crippen LogP contribution in [0, 0.1) is 0 Å². The maximum Gasteiger partial charge on any atom is 0.160 e. The molecule has 5 nitrogen and oxygen atoms in total. The molecule has 0 spiro atoms. The van der Waals surface area contributed by atoms with Gasteiger partial charge in [0.15, 0.2) is 11.3 Å². The number of fused-ring (bicyclic) bond motifs is 1. The quantitative estimate of drug-likeness (QED) is 0.783. The first-order valence-electron chi connectivity index (χ1n) is 5.09. The Bertz CT molecular complexity index is 558. The smallest absolute Gasteiger partial charge is 0.160 e. The third-order valence-electron chi connectivity index (χ3n) is 2.45. The number of phenols is 1. The third-order valence-corrected chi connectivity index (χ3v) is 2.45. The van der Waals surface area contributed by atoms with Gasteiger partial charge in [-0.15, -0.1) is 5.10 Å². The van der Waals surface area contributed by atoms with Crippen LogP contribution in [0.2, 0.25) is 0 Å². The minimum absolute atomic E-state index is 0.00500. The number of benzene rings is 1. The molecular formula is C11H13N3O2. The Balaban J connectivity index is 2.76. The fourth-order valence-corrected chi connectivity index (χ4v) is 1.61. The molecule has 1 N–H and O–H groups in total. The van der Waals surface area contributed by atoms with E-state index in [4.69, 9.17) is 0 Å². The highest BCUT2D eigenvalue weighted by atomic mass is 16.3. The number of hydrogen-bond acceptors (Lipinski definition) is 4. The van der Waals surface area contributed by atoms with Gasteiger partial charge >= 0.3 is 0 Å². The number of carbonyl (C=O) groups is 1. The molecule has 0 aliphatic carbocycles. The first-order chi connectivity index (χ1) is 7.50. The van der Waals surface area contributed by atoms with Crippen LogP contribution < -0.4 is 0 Å². The molecule has 16 heavy (non-hydrogen) atoms. The predicted octanol–water partition coefficient (Wildman–Crippen LogP) is 1.92. The summed E-state index contributed by atoms with van der Waals surface area (Å²) in [7, 11) is 0. The van der Waals surface area contributed by atoms with Crippen LogP contribution in [-0.2, 0) is 0 Å². The minimum Gasteiger partial charge on any atom is -0.506 e. The number of Topliss-reactive ketones (excluding diaryl/α,β-unsaturated/α-hetero) is 1. The molecule has 0 aliphatic heterocycles. The molecule has 5 heteroatoms. The van der Waals surface area contributed by atoms with E-state index < -0.39 is 0 Å². The summed E-state index contributed by atoms with van der Waals surface area (Å²) in [5.74, 6) is -0.0942. The number of hydrogen-bond donors (Lipinski definition) is 1. The van der Waals surface area contributed by atoms with Gasteiger partial charge in [-0.1, -0.05) is 5.21 Å². The number of aromatic hydroxyl groups is 1. The monoisotopic (exact) mass is 219 g/mol. The topological polar surface area (TPSA) is 68.0 Å². The first kappa shape index (κ1) is 10.6. The second-order valence-electron chi connectivity index (χ2n) is 4.05. The van der Waals surface area contributed by atoms with Crippen molar-refractivity contribution in [1.82, 2.24) is 15.0 Å². The van der Waals surface area contributed by atoms with Crippen LogP contribution in [-0.4, -0.2) is 25.9 Å². The van der Waals surface area contributed by atoms with E-state index in [1.165, 1.54) is 13.0 Å². The Morgan fingerprint density at radius 1 is 1.44 bits per heavy atom. The fourth-order valence-electron chi connectivity index (χ4n) is 1.61. The largest absolute Gasteiger partial charge is 0.506 e. The molecule has 2 rings (SSSR count). The molecule has 84 valence electrons. The number of rotatable bonds is 2. The molecule has 0 saturated heterocycles. The van der Waals surface area contributed by atoms with Crippen molar-refractivity contribution >= 4 is 16.8 Å². The molecule has 0 amide bonds. The molecule has 0 bridgehead atoms. The third kappa shape index (κ3) is 1.54. The molecule has 0 radical (unpaired) electrons. The molecule has 1 heterocycles. The Labute approximate surface area is 92.7 Å². The van der Waals surface area contributed by atoms with E-state index in [1.54, 1.807) is 10.7 Å². The Morgan fingerprint density at radius 3 is 2.69 bits per heavy atom. The Kier molecular flexibility index (Phi) is 2.38. The highest BCUT2D eigenvalue weighted by molar-refractivity contribution is 5.98. The van der Waals surface area contributed by atoms with Crippen molar-refractivity contribution in [2.75, 3.05) is 0 Å². The van der Waals surface area contributed by atoms with E-state index in [9.17, 15) is 9.90 Å². The van der Waals surface area contributed by atoms with E-state index in [1.807, 2.05) is 13.8 Å². The Morgan fingerprint density at radius 2 is 2.12 bits per heavy atom. The molecule has 0 atom stereocenters. The zero-order valence-electron chi connectivity index (χ0n) is 9.43. The van der Waals surface area contributed by atoms with Crippen LogP contribution in [0.1, 0.15) is 37.2 Å². The number of carbonyl (C=O) groups excluding carboxylic acids is 1. The lowest BCUT2D eigenvalue weighted by molar-refractivity contribution is 0.101. The summed E-state index contributed by atoms with van der Waals surface area (Å²) in [5, 5.41) is 17.6. The molecule has 1 aromatic carbocycles. The fraction of sp³-hybridized carbons (Fsp3) is 0.364. The average Bonchev–Trinajstić information content (AvgIpc) is 2.61. The van der Waals surface area contributed by atoms with Gasteiger partial charge in [-0.3, -0.25) is 4.79 Å². The molecule has 2 aromatic rings. The highest BCUT2D eigenvalue weighted by Gasteiger charge is 2.13. The van der Waals surface area contributed by atoms with Gasteiger partial charge in [-0.2, -0.15) is 0 Å². The maximum atomic E-state index is 11.3. The van der Waals surface area contributed by atoms with Gasteiger partial charge in [0.25, 0.3) is 0 Å². The standard InChI is InChI=1S/C11H13N3O2/c1-6(2)14-9-4-8(7(3)15)5-10(16)11(9)12-13-14/h4-6,16H,1-3H3. The van der Waals surface area contributed by atoms with Gasteiger partial charge in [-0.25, -0.2) is 4.68 Å². The molecular weight excluding hydrogens is 206 g/mol. The van der Waals surface area contributed by atoms with Crippen molar-refractivity contribution in [2.24, 2.45) is 0 Å². The van der Waals surface area contributed by atoms with Gasteiger partial charge in [0.05, 0.1) is 5.52 Å². The van der Waals surface area contributed by atoms with Gasteiger partial charge < -0.3 is 5.11 Å². The lowest BCUT2D eigenvalue weighted by Gasteiger charge is -2.06. The van der Waals surface area contributed by atoms with Crippen molar-refractivity contribution in [3.63, 3.8) is 0 Å². The highest BCUT2D eigenvalue weighted by Crippen LogP contribution is 2.26. The van der Waals surface area contributed by atoms with Crippen molar-refractivity contribution in [3.05, 3.63) is 17.7 Å². The second kappa shape index (κ2) is 3.59. The van der Waals surface area contributed by atoms with Crippen molar-refractivity contribution in [3.8, 4) is 5.75 Å². The van der Waals surface area contributed by atoms with Crippen LogP contribution in [0.4, 0.5) is 0 Å². The number of nitrogens with zero attached hydrogens (tertiary/aromatic N) is 3. The van der Waals surface area contributed by atoms with Gasteiger partial charge in [0, 0.05) is 11.6 Å². The SMILES string of the molecule is CC(=O)c1cc(O)c2nnn(C(C)C)c2c1. The van der Waals surface area contributed by atoms with E-state index in [0.717, 1.165) is 0 Å². The summed E-state index contributed by atoms with van der Waals surface area (Å²) in [6.07, 6.45) is 0. The summed E-state index contributed by atoms with van der Waals surface area (Å²) in [5.41, 5.74) is 1.58. The van der Waals surface area contributed by atoms with Crippen molar-refractivity contribution < 1.29 is 9.90 Å². The molecule has 0 fully saturated rings. The van der Waals surface area contributed by atoms with Crippen molar-refractivity contribution in [2.45, 2.75) is 26.8 Å². The zero-order chi connectivity index (χ0) is 11.9. The van der Waals surface area contributed by atoms with Crippen LogP contribution in [0.3, 0.4) is 0 Å². The summed E-state index contributed by atoms with van der Waals surface area (Å²) in [6, 6.07) is 3.26. The van der Waals surface area contributed by atoms with E-state index in [0.29, 0.717) is 16.6 Å². The van der Waals surface area contributed by atoms with E-state index >= 15 is 0 Å². The maximum absolute atomic E-state index is 11.3. The number of aromatic nitrogens is 3. The van der Waals surface area contributed by atoms with Gasteiger partial charge in [0.2, 0.25) is 0 Å². The van der Waals surface area contributed by atoms with Gasteiger partial charge in [-0.05, 0) is 32.9 Å². The van der Waals surface area contributed by atoms with Crippen LogP contribution >= 0.6 is 0 Å². The van der Waals surface area contributed by atoms with Crippen molar-refractivity contribution in [1.29, 1.82) is 0 Å². The lowest BCUT2D eigenvalue weighted by Crippen LogP contribution is -2.03. The zero-order valence-corrected chi connectivity index (χ0v) is 9.43. The Hall–Kier alpha value is -1.91. The second-order valence-corrected chi connectivity index (χ2v) is 4.05. The first-order valence-corrected chi connectivity index (χ1v) is 5.09. The lowest BCUT2D eigenvalue weighted by atomic mass is 10.1. The molecule has 0 aliphatic rings. The number of phenolic OH excluding ortho intramolecular Hbond substituents is 1. The van der Waals surface area contributed by atoms with E-state index in [2.05, 4.69) is 10.3 Å². The molecule has 1 aromatic heterocycles. The van der Waals surface area contributed by atoms with E-state index in [-0.39, 0.29) is 17.6 Å². The normalized spacial score (nSPS) is 11.2. The minimum atomic E-state index is -0.0892. The number of ketones is 1. The molecule has 0 unspecified atom stereocenters. The van der Waals surface area contributed by atoms with Crippen LogP contribution in [0.25, 0.3) is 11.0 Å². The summed E-state index contributed by atoms with van der Waals surface area (Å²) >= 11 is 0. The van der Waals surface area contributed by atoms with Crippen LogP contribution in [0.15, 0.2) is 12.1 Å². The average molecular weight is 219 g/mol. The van der Waals surface area contributed by atoms with Gasteiger partial charge in [0.1, 0.15) is 5.75 Å². The molecule has 0 saturated carbocycles. The predicted molar refractivity (Wildman–Crippen MR) is 59.6 cm³/mol.